The van der Waals surface area contributed by atoms with E-state index in [2.05, 4.69) is 33.7 Å². The Morgan fingerprint density at radius 1 is 1.29 bits per heavy atom. The first-order valence-electron chi connectivity index (χ1n) is 9.33. The minimum absolute atomic E-state index is 0.631. The predicted octanol–water partition coefficient (Wildman–Crippen LogP) is 3.79. The number of benzene rings is 1. The van der Waals surface area contributed by atoms with Crippen molar-refractivity contribution in [1.82, 2.24) is 24.5 Å². The van der Waals surface area contributed by atoms with Gasteiger partial charge in [-0.1, -0.05) is 29.5 Å². The Morgan fingerprint density at radius 3 is 2.89 bits per heavy atom. The molecule has 28 heavy (non-hydrogen) atoms. The van der Waals surface area contributed by atoms with Gasteiger partial charge in [-0.05, 0) is 44.7 Å². The third-order valence-corrected chi connectivity index (χ3v) is 5.30. The van der Waals surface area contributed by atoms with Crippen LogP contribution < -0.4 is 5.32 Å². The van der Waals surface area contributed by atoms with Crippen LogP contribution >= 0.6 is 23.6 Å². The van der Waals surface area contributed by atoms with Crippen LogP contribution in [0.2, 0.25) is 0 Å². The zero-order valence-electron chi connectivity index (χ0n) is 16.2. The molecule has 7 nitrogen and oxygen atoms in total. The first-order chi connectivity index (χ1) is 13.7. The highest BCUT2D eigenvalue weighted by molar-refractivity contribution is 7.73. The molecule has 0 aliphatic carbocycles. The van der Waals surface area contributed by atoms with Gasteiger partial charge in [0.15, 0.2) is 3.95 Å². The predicted molar refractivity (Wildman–Crippen MR) is 116 cm³/mol. The fraction of sp³-hybridized carbons (Fsp3) is 0.421. The summed E-state index contributed by atoms with van der Waals surface area (Å²) < 4.78 is 9.85. The van der Waals surface area contributed by atoms with Gasteiger partial charge < -0.3 is 10.1 Å². The molecule has 3 rings (SSSR count). The Balaban J connectivity index is 1.52. The largest absolute Gasteiger partial charge is 0.382 e. The third kappa shape index (κ3) is 5.96. The number of ether oxygens (including phenoxy) is 1. The van der Waals surface area contributed by atoms with E-state index >= 15 is 0 Å². The second-order valence-electron chi connectivity index (χ2n) is 6.43. The molecular weight excluding hydrogens is 392 g/mol. The molecule has 0 atom stereocenters. The lowest BCUT2D eigenvalue weighted by molar-refractivity contribution is 0.147. The highest BCUT2D eigenvalue weighted by atomic mass is 32.1. The zero-order chi connectivity index (χ0) is 19.8. The molecule has 150 valence electrons. The van der Waals surface area contributed by atoms with E-state index in [0.717, 1.165) is 53.1 Å². The van der Waals surface area contributed by atoms with Crippen molar-refractivity contribution in [3.05, 3.63) is 52.2 Å². The lowest BCUT2D eigenvalue weighted by atomic mass is 10.3. The van der Waals surface area contributed by atoms with Crippen LogP contribution in [0, 0.1) is 3.95 Å². The van der Waals surface area contributed by atoms with Crippen LogP contribution in [0.25, 0.3) is 5.69 Å². The molecule has 0 amide bonds. The number of nitrogens with one attached hydrogen (secondary N) is 1. The molecule has 0 saturated carbocycles. The molecule has 0 aliphatic heterocycles. The molecule has 2 heterocycles. The van der Waals surface area contributed by atoms with E-state index in [1.165, 1.54) is 11.3 Å². The Hall–Kier alpha value is -2.07. The molecule has 0 fully saturated rings. The number of para-hydroxylation sites is 1. The van der Waals surface area contributed by atoms with Gasteiger partial charge in [0, 0.05) is 38.1 Å². The standard InChI is InChI=1S/C19H26N6OS2/c1-3-26-11-7-10-20-18-22-25(19(27)28-18)15-23(2)13-16-12-21-24(14-16)17-8-5-4-6-9-17/h4-6,8-9,12,14H,3,7,10-11,13,15H2,1-2H3,(H,20,22). The Bertz CT molecular complexity index is 905. The summed E-state index contributed by atoms with van der Waals surface area (Å²) in [4.78, 5) is 2.17. The van der Waals surface area contributed by atoms with E-state index in [0.29, 0.717) is 6.67 Å². The van der Waals surface area contributed by atoms with Gasteiger partial charge in [0.25, 0.3) is 0 Å². The summed E-state index contributed by atoms with van der Waals surface area (Å²) in [5, 5.41) is 13.2. The highest BCUT2D eigenvalue weighted by Gasteiger charge is 2.08. The van der Waals surface area contributed by atoms with Crippen molar-refractivity contribution in [2.75, 3.05) is 32.1 Å². The van der Waals surface area contributed by atoms with E-state index in [4.69, 9.17) is 17.0 Å². The summed E-state index contributed by atoms with van der Waals surface area (Å²) in [6.45, 7) is 5.75. The van der Waals surface area contributed by atoms with Crippen LogP contribution in [-0.2, 0) is 18.0 Å². The highest BCUT2D eigenvalue weighted by Crippen LogP contribution is 2.15. The monoisotopic (exact) mass is 418 g/mol. The van der Waals surface area contributed by atoms with Crippen LogP contribution in [0.15, 0.2) is 42.7 Å². The quantitative estimate of drug-likeness (QED) is 0.378. The van der Waals surface area contributed by atoms with Gasteiger partial charge in [-0.3, -0.25) is 4.90 Å². The fourth-order valence-corrected chi connectivity index (χ4v) is 3.75. The summed E-state index contributed by atoms with van der Waals surface area (Å²) in [7, 11) is 2.05. The molecule has 2 aromatic heterocycles. The summed E-state index contributed by atoms with van der Waals surface area (Å²) in [5.74, 6) is 0. The molecule has 0 unspecified atom stereocenters. The van der Waals surface area contributed by atoms with Crippen molar-refractivity contribution < 1.29 is 4.74 Å². The maximum Gasteiger partial charge on any atom is 0.204 e. The molecule has 0 bridgehead atoms. The summed E-state index contributed by atoms with van der Waals surface area (Å²) in [6.07, 6.45) is 4.90. The van der Waals surface area contributed by atoms with Crippen molar-refractivity contribution in [1.29, 1.82) is 0 Å². The summed E-state index contributed by atoms with van der Waals surface area (Å²) in [6, 6.07) is 10.1. The van der Waals surface area contributed by atoms with Crippen LogP contribution in [0.4, 0.5) is 5.13 Å². The number of aromatic nitrogens is 4. The van der Waals surface area contributed by atoms with E-state index in [-0.39, 0.29) is 0 Å². The van der Waals surface area contributed by atoms with Crippen molar-refractivity contribution in [2.45, 2.75) is 26.6 Å². The minimum atomic E-state index is 0.631. The molecule has 1 N–H and O–H groups in total. The average molecular weight is 419 g/mol. The first-order valence-corrected chi connectivity index (χ1v) is 10.5. The van der Waals surface area contributed by atoms with Gasteiger partial charge in [-0.25, -0.2) is 9.36 Å². The van der Waals surface area contributed by atoms with Crippen molar-refractivity contribution >= 4 is 28.7 Å². The van der Waals surface area contributed by atoms with Gasteiger partial charge in [0.05, 0.1) is 18.6 Å². The SMILES string of the molecule is CCOCCCNc1nn(CN(C)Cc2cnn(-c3ccccc3)c2)c(=S)s1. The lowest BCUT2D eigenvalue weighted by Crippen LogP contribution is -2.22. The van der Waals surface area contributed by atoms with Crippen LogP contribution in [0.1, 0.15) is 18.9 Å². The topological polar surface area (TPSA) is 60.1 Å². The third-order valence-electron chi connectivity index (χ3n) is 4.04. The normalized spacial score (nSPS) is 11.2. The van der Waals surface area contributed by atoms with Gasteiger partial charge in [0.2, 0.25) is 5.13 Å². The average Bonchev–Trinajstić information content (AvgIpc) is 3.29. The molecular formula is C19H26N6OS2. The Morgan fingerprint density at radius 2 is 2.11 bits per heavy atom. The maximum atomic E-state index is 5.46. The second-order valence-corrected chi connectivity index (χ2v) is 8.06. The number of rotatable bonds is 11. The number of nitrogens with zero attached hydrogens (tertiary/aromatic N) is 5. The van der Waals surface area contributed by atoms with Gasteiger partial charge in [0.1, 0.15) is 0 Å². The second kappa shape index (κ2) is 10.5. The molecule has 1 aromatic carbocycles. The number of hydrogen-bond donors (Lipinski definition) is 1. The minimum Gasteiger partial charge on any atom is -0.382 e. The first kappa shape index (κ1) is 20.7. The summed E-state index contributed by atoms with van der Waals surface area (Å²) >= 11 is 6.95. The van der Waals surface area contributed by atoms with Gasteiger partial charge in [-0.2, -0.15) is 5.10 Å². The Kier molecular flexibility index (Phi) is 7.72. The van der Waals surface area contributed by atoms with Crippen LogP contribution in [0.3, 0.4) is 0 Å². The van der Waals surface area contributed by atoms with E-state index in [1.807, 2.05) is 52.8 Å². The van der Waals surface area contributed by atoms with Gasteiger partial charge in [-0.15, -0.1) is 5.10 Å². The lowest BCUT2D eigenvalue weighted by Gasteiger charge is -2.15. The molecule has 0 aliphatic rings. The molecule has 9 heteroatoms. The van der Waals surface area contributed by atoms with Crippen molar-refractivity contribution in [3.8, 4) is 5.69 Å². The van der Waals surface area contributed by atoms with Crippen LogP contribution in [0.5, 0.6) is 0 Å². The van der Waals surface area contributed by atoms with E-state index in [9.17, 15) is 0 Å². The fourth-order valence-electron chi connectivity index (χ4n) is 2.73. The Labute approximate surface area is 174 Å². The summed E-state index contributed by atoms with van der Waals surface area (Å²) in [5.41, 5.74) is 2.19. The smallest absolute Gasteiger partial charge is 0.204 e. The number of anilines is 1. The zero-order valence-corrected chi connectivity index (χ0v) is 17.9. The van der Waals surface area contributed by atoms with E-state index < -0.39 is 0 Å². The van der Waals surface area contributed by atoms with E-state index in [1.54, 1.807) is 0 Å². The number of hydrogen-bond acceptors (Lipinski definition) is 7. The van der Waals surface area contributed by atoms with Crippen molar-refractivity contribution in [2.24, 2.45) is 0 Å². The van der Waals surface area contributed by atoms with Crippen molar-refractivity contribution in [3.63, 3.8) is 0 Å². The molecule has 0 saturated heterocycles. The maximum absolute atomic E-state index is 5.46. The van der Waals surface area contributed by atoms with Crippen LogP contribution in [-0.4, -0.2) is 51.3 Å². The van der Waals surface area contributed by atoms with Gasteiger partial charge >= 0.3 is 0 Å². The molecule has 3 aromatic rings. The molecule has 0 radical (unpaired) electrons. The molecule has 0 spiro atoms.